The predicted molar refractivity (Wildman–Crippen MR) is 95.5 cm³/mol. The van der Waals surface area contributed by atoms with Crippen LogP contribution in [0.5, 0.6) is 5.75 Å². The summed E-state index contributed by atoms with van der Waals surface area (Å²) in [7, 11) is 1.80. The molecule has 0 spiro atoms. The molecule has 140 valence electrons. The van der Waals surface area contributed by atoms with Gasteiger partial charge in [-0.05, 0) is 44.2 Å². The van der Waals surface area contributed by atoms with E-state index < -0.39 is 5.97 Å². The van der Waals surface area contributed by atoms with Crippen LogP contribution in [0.2, 0.25) is 0 Å². The number of carboxylic acid groups (broad SMARTS) is 1. The summed E-state index contributed by atoms with van der Waals surface area (Å²) in [6.07, 6.45) is 3.63. The minimum absolute atomic E-state index is 0.0843. The Balaban J connectivity index is 1.82. The van der Waals surface area contributed by atoms with Crippen LogP contribution in [0, 0.1) is 5.92 Å². The second kappa shape index (κ2) is 7.82. The molecule has 1 aliphatic rings. The first-order valence-corrected chi connectivity index (χ1v) is 9.01. The average Bonchev–Trinajstić information content (AvgIpc) is 3.02. The Kier molecular flexibility index (Phi) is 5.51. The molecule has 0 bridgehead atoms. The van der Waals surface area contributed by atoms with E-state index in [0.29, 0.717) is 30.8 Å². The molecule has 1 fully saturated rings. The SMILES string of the molecule is CCc1nc(-c2nnn(C)c2CN)ccc1O[C@H]1CCC[C@H](C(=O)O)C1. The Morgan fingerprint density at radius 2 is 2.23 bits per heavy atom. The Morgan fingerprint density at radius 1 is 1.42 bits per heavy atom. The molecule has 2 atom stereocenters. The summed E-state index contributed by atoms with van der Waals surface area (Å²) < 4.78 is 7.77. The van der Waals surface area contributed by atoms with Gasteiger partial charge in [0.2, 0.25) is 0 Å². The summed E-state index contributed by atoms with van der Waals surface area (Å²) in [6.45, 7) is 2.35. The fraction of sp³-hybridized carbons (Fsp3) is 0.556. The van der Waals surface area contributed by atoms with E-state index in [-0.39, 0.29) is 12.0 Å². The van der Waals surface area contributed by atoms with Crippen molar-refractivity contribution in [2.75, 3.05) is 0 Å². The predicted octanol–water partition coefficient (Wildman–Crippen LogP) is 1.92. The first-order valence-electron chi connectivity index (χ1n) is 9.01. The highest BCUT2D eigenvalue weighted by atomic mass is 16.5. The average molecular weight is 359 g/mol. The van der Waals surface area contributed by atoms with Gasteiger partial charge in [0.1, 0.15) is 11.4 Å². The third-order valence-electron chi connectivity index (χ3n) is 4.92. The van der Waals surface area contributed by atoms with Crippen LogP contribution in [0.1, 0.15) is 44.0 Å². The number of aliphatic carboxylic acids is 1. The lowest BCUT2D eigenvalue weighted by Gasteiger charge is -2.28. The number of pyridine rings is 1. The van der Waals surface area contributed by atoms with E-state index >= 15 is 0 Å². The summed E-state index contributed by atoms with van der Waals surface area (Å²) in [5.41, 5.74) is 8.84. The molecule has 0 aliphatic heterocycles. The topological polar surface area (TPSA) is 116 Å². The van der Waals surface area contributed by atoms with Gasteiger partial charge in [0.25, 0.3) is 0 Å². The molecule has 3 N–H and O–H groups in total. The van der Waals surface area contributed by atoms with E-state index in [4.69, 9.17) is 15.5 Å². The monoisotopic (exact) mass is 359 g/mol. The molecule has 0 amide bonds. The number of hydrogen-bond acceptors (Lipinski definition) is 6. The van der Waals surface area contributed by atoms with Gasteiger partial charge in [-0.25, -0.2) is 4.98 Å². The number of ether oxygens (including phenoxy) is 1. The van der Waals surface area contributed by atoms with Crippen molar-refractivity contribution in [3.8, 4) is 17.1 Å². The van der Waals surface area contributed by atoms with Crippen LogP contribution in [0.15, 0.2) is 12.1 Å². The van der Waals surface area contributed by atoms with Gasteiger partial charge in [0.15, 0.2) is 0 Å². The van der Waals surface area contributed by atoms with Crippen molar-refractivity contribution < 1.29 is 14.6 Å². The van der Waals surface area contributed by atoms with Crippen molar-refractivity contribution >= 4 is 5.97 Å². The van der Waals surface area contributed by atoms with Gasteiger partial charge in [-0.15, -0.1) is 5.10 Å². The third kappa shape index (κ3) is 3.70. The molecule has 0 radical (unpaired) electrons. The number of hydrogen-bond donors (Lipinski definition) is 2. The highest BCUT2D eigenvalue weighted by Gasteiger charge is 2.28. The van der Waals surface area contributed by atoms with Gasteiger partial charge >= 0.3 is 5.97 Å². The van der Waals surface area contributed by atoms with Crippen molar-refractivity contribution in [1.82, 2.24) is 20.0 Å². The normalized spacial score (nSPS) is 20.1. The van der Waals surface area contributed by atoms with E-state index in [1.807, 2.05) is 19.1 Å². The number of aromatic nitrogens is 4. The van der Waals surface area contributed by atoms with Crippen LogP contribution >= 0.6 is 0 Å². The van der Waals surface area contributed by atoms with Crippen molar-refractivity contribution in [2.45, 2.75) is 51.7 Å². The third-order valence-corrected chi connectivity index (χ3v) is 4.92. The van der Waals surface area contributed by atoms with Crippen LogP contribution in [0.4, 0.5) is 0 Å². The largest absolute Gasteiger partial charge is 0.488 e. The molecule has 8 heteroatoms. The van der Waals surface area contributed by atoms with Crippen LogP contribution in [-0.2, 0) is 24.8 Å². The summed E-state index contributed by atoms with van der Waals surface area (Å²) >= 11 is 0. The van der Waals surface area contributed by atoms with Gasteiger partial charge < -0.3 is 15.6 Å². The second-order valence-corrected chi connectivity index (χ2v) is 6.65. The standard InChI is InChI=1S/C18H25N5O3/c1-3-13-16(26-12-6-4-5-11(9-12)18(24)25)8-7-14(20-13)17-15(10-19)23(2)22-21-17/h7-8,11-12H,3-6,9-10,19H2,1-2H3,(H,24,25)/t11-,12-/m0/s1. The van der Waals surface area contributed by atoms with E-state index in [2.05, 4.69) is 10.3 Å². The quantitative estimate of drug-likeness (QED) is 0.809. The molecule has 8 nitrogen and oxygen atoms in total. The Morgan fingerprint density at radius 3 is 2.92 bits per heavy atom. The molecule has 0 unspecified atom stereocenters. The van der Waals surface area contributed by atoms with Crippen LogP contribution in [0.25, 0.3) is 11.4 Å². The minimum Gasteiger partial charge on any atom is -0.488 e. The number of carboxylic acids is 1. The fourth-order valence-corrected chi connectivity index (χ4v) is 3.44. The lowest BCUT2D eigenvalue weighted by atomic mass is 9.87. The fourth-order valence-electron chi connectivity index (χ4n) is 3.44. The molecular weight excluding hydrogens is 334 g/mol. The highest BCUT2D eigenvalue weighted by Crippen LogP contribution is 2.30. The second-order valence-electron chi connectivity index (χ2n) is 6.65. The van der Waals surface area contributed by atoms with Gasteiger partial charge in [-0.2, -0.15) is 0 Å². The minimum atomic E-state index is -0.737. The molecule has 3 rings (SSSR count). The van der Waals surface area contributed by atoms with Crippen LogP contribution < -0.4 is 10.5 Å². The smallest absolute Gasteiger partial charge is 0.306 e. The van der Waals surface area contributed by atoms with E-state index in [1.165, 1.54) is 0 Å². The zero-order valence-electron chi connectivity index (χ0n) is 15.2. The molecule has 26 heavy (non-hydrogen) atoms. The first-order chi connectivity index (χ1) is 12.5. The number of nitrogens with zero attached hydrogens (tertiary/aromatic N) is 4. The Hall–Kier alpha value is -2.48. The molecule has 2 aromatic heterocycles. The molecule has 1 aliphatic carbocycles. The van der Waals surface area contributed by atoms with E-state index in [0.717, 1.165) is 36.3 Å². The maximum Gasteiger partial charge on any atom is 0.306 e. The summed E-state index contributed by atoms with van der Waals surface area (Å²) in [5, 5.41) is 17.4. The molecule has 0 saturated heterocycles. The summed E-state index contributed by atoms with van der Waals surface area (Å²) in [4.78, 5) is 15.9. The maximum atomic E-state index is 11.2. The molecular formula is C18H25N5O3. The molecule has 2 aromatic rings. The van der Waals surface area contributed by atoms with Crippen molar-refractivity contribution in [2.24, 2.45) is 18.7 Å². The number of rotatable bonds is 6. The van der Waals surface area contributed by atoms with E-state index in [9.17, 15) is 9.90 Å². The zero-order valence-corrected chi connectivity index (χ0v) is 15.2. The van der Waals surface area contributed by atoms with Crippen molar-refractivity contribution in [1.29, 1.82) is 0 Å². The van der Waals surface area contributed by atoms with Gasteiger partial charge in [-0.3, -0.25) is 9.48 Å². The Labute approximate surface area is 152 Å². The lowest BCUT2D eigenvalue weighted by molar-refractivity contribution is -0.143. The van der Waals surface area contributed by atoms with Crippen LogP contribution in [0.3, 0.4) is 0 Å². The van der Waals surface area contributed by atoms with Gasteiger partial charge in [0, 0.05) is 13.6 Å². The molecule has 2 heterocycles. The Bertz CT molecular complexity index is 789. The highest BCUT2D eigenvalue weighted by molar-refractivity contribution is 5.70. The lowest BCUT2D eigenvalue weighted by Crippen LogP contribution is -2.29. The molecule has 1 saturated carbocycles. The van der Waals surface area contributed by atoms with Crippen molar-refractivity contribution in [3.05, 3.63) is 23.5 Å². The van der Waals surface area contributed by atoms with Crippen molar-refractivity contribution in [3.63, 3.8) is 0 Å². The summed E-state index contributed by atoms with van der Waals surface area (Å²) in [6, 6.07) is 3.75. The maximum absolute atomic E-state index is 11.2. The van der Waals surface area contributed by atoms with E-state index in [1.54, 1.807) is 11.7 Å². The number of carbonyl (C=O) groups is 1. The van der Waals surface area contributed by atoms with Gasteiger partial charge in [-0.1, -0.05) is 12.1 Å². The van der Waals surface area contributed by atoms with Crippen LogP contribution in [-0.4, -0.2) is 37.2 Å². The number of nitrogens with two attached hydrogens (primary N) is 1. The zero-order chi connectivity index (χ0) is 18.7. The molecule has 0 aromatic carbocycles. The van der Waals surface area contributed by atoms with Gasteiger partial charge in [0.05, 0.1) is 29.1 Å². The first kappa shape index (κ1) is 18.3. The number of aryl methyl sites for hydroxylation is 2. The summed E-state index contributed by atoms with van der Waals surface area (Å²) in [5.74, 6) is -0.345.